The third kappa shape index (κ3) is 4.71. The van der Waals surface area contributed by atoms with Crippen molar-refractivity contribution in [3.63, 3.8) is 0 Å². The molecule has 3 N–H and O–H groups in total. The van der Waals surface area contributed by atoms with Crippen molar-refractivity contribution in [3.8, 4) is 17.6 Å². The average molecular weight is 523 g/mol. The first kappa shape index (κ1) is 24.6. The lowest BCUT2D eigenvalue weighted by Gasteiger charge is -2.33. The van der Waals surface area contributed by atoms with Crippen molar-refractivity contribution in [3.05, 3.63) is 51.2 Å². The number of nitrogens with one attached hydrogen (secondary N) is 2. The molecule has 1 aromatic carbocycles. The Morgan fingerprint density at radius 3 is 2.65 bits per heavy atom. The van der Waals surface area contributed by atoms with Crippen LogP contribution in [0.1, 0.15) is 25.7 Å². The van der Waals surface area contributed by atoms with Crippen LogP contribution in [0.4, 0.5) is 4.79 Å². The molecular weight excluding hydrogens is 496 g/mol. The first-order valence-electron chi connectivity index (χ1n) is 11.7. The van der Waals surface area contributed by atoms with Crippen molar-refractivity contribution in [2.45, 2.75) is 12.1 Å². The van der Waals surface area contributed by atoms with Gasteiger partial charge in [-0.25, -0.2) is 4.79 Å². The van der Waals surface area contributed by atoms with E-state index in [0.717, 1.165) is 36.6 Å². The monoisotopic (exact) mass is 522 g/mol. The van der Waals surface area contributed by atoms with Crippen LogP contribution in [0, 0.1) is 11.8 Å². The van der Waals surface area contributed by atoms with Gasteiger partial charge in [0, 0.05) is 38.3 Å². The number of benzene rings is 1. The summed E-state index contributed by atoms with van der Waals surface area (Å²) in [5.41, 5.74) is -0.301. The molecule has 5 rings (SSSR count). The van der Waals surface area contributed by atoms with Crippen molar-refractivity contribution in [1.29, 1.82) is 0 Å². The summed E-state index contributed by atoms with van der Waals surface area (Å²) in [5, 5.41) is 18.0. The highest BCUT2D eigenvalue weighted by Gasteiger charge is 2.48. The van der Waals surface area contributed by atoms with Gasteiger partial charge in [-0.2, -0.15) is 0 Å². The van der Waals surface area contributed by atoms with Crippen molar-refractivity contribution < 1.29 is 24.3 Å². The van der Waals surface area contributed by atoms with Gasteiger partial charge in [0.2, 0.25) is 5.54 Å². The fraction of sp³-hybridized carbons (Fsp3) is 0.360. The molecule has 0 saturated carbocycles. The van der Waals surface area contributed by atoms with E-state index in [9.17, 15) is 19.6 Å². The predicted molar refractivity (Wildman–Crippen MR) is 136 cm³/mol. The van der Waals surface area contributed by atoms with Gasteiger partial charge in [0.25, 0.3) is 11.8 Å². The second-order valence-corrected chi connectivity index (χ2v) is 10.2. The standard InChI is InChI=1S/C25H26N6O5S/c1-29-9-11-30(12-10-29)21(28-35)20-6-5-18(37-20)7-8-25(23(33)26-24(34)27-25)15-31-14-16-3-4-17(36-2)13-19(16)22(31)32/h3-6,13,35H,9-12,14-15H2,1-2H3,(H2,26,27,33,34)/t25-/m1/s1. The summed E-state index contributed by atoms with van der Waals surface area (Å²) in [7, 11) is 3.57. The van der Waals surface area contributed by atoms with Gasteiger partial charge in [-0.3, -0.25) is 14.9 Å². The third-order valence-corrected chi connectivity index (χ3v) is 7.69. The molecule has 2 aromatic rings. The largest absolute Gasteiger partial charge is 0.497 e. The zero-order valence-electron chi connectivity index (χ0n) is 20.4. The number of ether oxygens (including phenoxy) is 1. The number of nitrogens with zero attached hydrogens (tertiary/aromatic N) is 4. The van der Waals surface area contributed by atoms with E-state index in [0.29, 0.717) is 22.0 Å². The van der Waals surface area contributed by atoms with Crippen LogP contribution in [-0.2, 0) is 11.3 Å². The number of hydrogen-bond donors (Lipinski definition) is 3. The Morgan fingerprint density at radius 1 is 1.19 bits per heavy atom. The summed E-state index contributed by atoms with van der Waals surface area (Å²) in [6.07, 6.45) is 0. The van der Waals surface area contributed by atoms with Crippen molar-refractivity contribution in [2.75, 3.05) is 46.9 Å². The van der Waals surface area contributed by atoms with E-state index in [2.05, 4.69) is 32.5 Å². The molecule has 0 aliphatic carbocycles. The number of urea groups is 1. The molecule has 1 atom stereocenters. The molecule has 0 spiro atoms. The van der Waals surface area contributed by atoms with E-state index < -0.39 is 17.5 Å². The molecular formula is C25H26N6O5S. The quantitative estimate of drug-likeness (QED) is 0.135. The SMILES string of the molecule is COc1ccc2c(c1)C(=O)N(C[C@@]1(C#Cc3ccc(C(=NO)N4CCN(C)CC4)s3)NC(=O)NC1=O)C2. The lowest BCUT2D eigenvalue weighted by Crippen LogP contribution is -2.54. The normalized spacial score (nSPS) is 21.9. The summed E-state index contributed by atoms with van der Waals surface area (Å²) in [6.45, 7) is 3.37. The molecule has 4 heterocycles. The van der Waals surface area contributed by atoms with Crippen LogP contribution in [-0.4, -0.2) is 96.0 Å². The van der Waals surface area contributed by atoms with E-state index in [4.69, 9.17) is 4.74 Å². The molecule has 4 amide bonds. The lowest BCUT2D eigenvalue weighted by molar-refractivity contribution is -0.122. The smallest absolute Gasteiger partial charge is 0.323 e. The van der Waals surface area contributed by atoms with Gasteiger partial charge in [0.05, 0.1) is 23.4 Å². The Bertz CT molecular complexity index is 1350. The van der Waals surface area contributed by atoms with Crippen LogP contribution in [0.25, 0.3) is 0 Å². The van der Waals surface area contributed by atoms with Crippen molar-refractivity contribution >= 4 is 35.0 Å². The number of amidine groups is 1. The molecule has 2 fully saturated rings. The molecule has 0 radical (unpaired) electrons. The number of piperazine rings is 1. The number of amides is 4. The van der Waals surface area contributed by atoms with E-state index in [1.165, 1.54) is 23.3 Å². The molecule has 0 bridgehead atoms. The molecule has 3 aliphatic rings. The Kier molecular flexibility index (Phi) is 6.49. The van der Waals surface area contributed by atoms with Crippen LogP contribution >= 0.6 is 11.3 Å². The van der Waals surface area contributed by atoms with Crippen LogP contribution in [0.5, 0.6) is 5.75 Å². The Morgan fingerprint density at radius 2 is 1.97 bits per heavy atom. The van der Waals surface area contributed by atoms with E-state index in [1.54, 1.807) is 18.2 Å². The van der Waals surface area contributed by atoms with Crippen molar-refractivity contribution in [1.82, 2.24) is 25.3 Å². The number of fused-ring (bicyclic) bond motifs is 1. The van der Waals surface area contributed by atoms with E-state index in [-0.39, 0.29) is 19.0 Å². The maximum atomic E-state index is 13.1. The van der Waals surface area contributed by atoms with Crippen LogP contribution in [0.3, 0.4) is 0 Å². The maximum Gasteiger partial charge on any atom is 0.323 e. The number of oxime groups is 1. The van der Waals surface area contributed by atoms with Gasteiger partial charge in [0.1, 0.15) is 5.75 Å². The molecule has 37 heavy (non-hydrogen) atoms. The number of thiophene rings is 1. The van der Waals surface area contributed by atoms with Gasteiger partial charge < -0.3 is 30.0 Å². The molecule has 3 aliphatic heterocycles. The summed E-state index contributed by atoms with van der Waals surface area (Å²) in [4.78, 5) is 45.1. The molecule has 12 heteroatoms. The number of carbonyl (C=O) groups is 3. The van der Waals surface area contributed by atoms with Crippen LogP contribution in [0.15, 0.2) is 35.5 Å². The Labute approximate surface area is 217 Å². The minimum Gasteiger partial charge on any atom is -0.497 e. The summed E-state index contributed by atoms with van der Waals surface area (Å²) in [5.74, 6) is 6.07. The van der Waals surface area contributed by atoms with E-state index >= 15 is 0 Å². The summed E-state index contributed by atoms with van der Waals surface area (Å²) >= 11 is 1.32. The number of rotatable bonds is 4. The fourth-order valence-corrected chi connectivity index (χ4v) is 5.46. The number of imide groups is 1. The molecule has 11 nitrogen and oxygen atoms in total. The van der Waals surface area contributed by atoms with Crippen molar-refractivity contribution in [2.24, 2.45) is 5.16 Å². The van der Waals surface area contributed by atoms with Gasteiger partial charge in [-0.05, 0) is 36.9 Å². The zero-order chi connectivity index (χ0) is 26.2. The number of carbonyl (C=O) groups excluding carboxylic acids is 3. The van der Waals surface area contributed by atoms with Gasteiger partial charge in [-0.1, -0.05) is 23.1 Å². The third-order valence-electron chi connectivity index (χ3n) is 6.69. The summed E-state index contributed by atoms with van der Waals surface area (Å²) in [6, 6.07) is 8.18. The van der Waals surface area contributed by atoms with E-state index in [1.807, 2.05) is 24.1 Å². The van der Waals surface area contributed by atoms with Gasteiger partial charge >= 0.3 is 6.03 Å². The molecule has 0 unspecified atom stereocenters. The highest BCUT2D eigenvalue weighted by Crippen LogP contribution is 2.28. The van der Waals surface area contributed by atoms with Crippen LogP contribution < -0.4 is 15.4 Å². The first-order chi connectivity index (χ1) is 17.8. The first-order valence-corrected chi connectivity index (χ1v) is 12.5. The highest BCUT2D eigenvalue weighted by atomic mass is 32.1. The molecule has 1 aromatic heterocycles. The van der Waals surface area contributed by atoms with Gasteiger partial charge in [-0.15, -0.1) is 11.3 Å². The topological polar surface area (TPSA) is 127 Å². The Hall–Kier alpha value is -4.08. The Balaban J connectivity index is 1.38. The second-order valence-electron chi connectivity index (χ2n) is 9.13. The average Bonchev–Trinajstić information content (AvgIpc) is 3.56. The predicted octanol–water partition coefficient (Wildman–Crippen LogP) is 0.726. The number of methoxy groups -OCH3 is 1. The second kappa shape index (κ2) is 9.76. The minimum absolute atomic E-state index is 0.115. The fourth-order valence-electron chi connectivity index (χ4n) is 4.59. The van der Waals surface area contributed by atoms with Crippen LogP contribution in [0.2, 0.25) is 0 Å². The summed E-state index contributed by atoms with van der Waals surface area (Å²) < 4.78 is 5.22. The number of likely N-dealkylation sites (N-methyl/N-ethyl adjacent to an activating group) is 1. The molecule has 2 saturated heterocycles. The highest BCUT2D eigenvalue weighted by molar-refractivity contribution is 7.14. The molecule has 192 valence electrons. The number of hydrogen-bond acceptors (Lipinski definition) is 8. The van der Waals surface area contributed by atoms with Gasteiger partial charge in [0.15, 0.2) is 5.84 Å². The zero-order valence-corrected chi connectivity index (χ0v) is 21.2. The minimum atomic E-state index is -1.60. The lowest BCUT2D eigenvalue weighted by atomic mass is 9.99. The maximum absolute atomic E-state index is 13.1.